The number of ketones is 1. The maximum Gasteiger partial charge on any atom is 0.316 e. The molecule has 6 amide bonds. The smallest absolute Gasteiger partial charge is 0.316 e. The highest BCUT2D eigenvalue weighted by Crippen LogP contribution is 2.88. The number of Topliss-reactive ketones (excluding diaryl/α,β-unsaturated/α-hetero) is 1. The fraction of sp³-hybridized carbons (Fsp3) is 0.833. The molecule has 2 heterocycles. The number of nitrogens with one attached hydrogen (secondary N) is 4. The second kappa shape index (κ2) is 13.5. The van der Waals surface area contributed by atoms with Crippen LogP contribution in [0.1, 0.15) is 99.8 Å². The van der Waals surface area contributed by atoms with Gasteiger partial charge in [-0.25, -0.2) is 4.79 Å². The Labute approximate surface area is 291 Å². The maximum atomic E-state index is 14.7. The van der Waals surface area contributed by atoms with E-state index in [9.17, 15) is 28.8 Å². The molecule has 0 radical (unpaired) electrons. The third-order valence-corrected chi connectivity index (χ3v) is 13.1. The second-order valence-corrected chi connectivity index (χ2v) is 17.4. The number of likely N-dealkylation sites (tertiary alicyclic amines) is 1. The third-order valence-electron chi connectivity index (χ3n) is 13.1. The van der Waals surface area contributed by atoms with Gasteiger partial charge >= 0.3 is 6.03 Å². The molecule has 5 aliphatic rings. The van der Waals surface area contributed by atoms with Gasteiger partial charge in [0.1, 0.15) is 18.1 Å². The van der Waals surface area contributed by atoms with Crippen molar-refractivity contribution < 1.29 is 28.8 Å². The van der Waals surface area contributed by atoms with Crippen LogP contribution in [0.25, 0.3) is 0 Å². The van der Waals surface area contributed by atoms with Gasteiger partial charge in [0.15, 0.2) is 0 Å². The van der Waals surface area contributed by atoms with Crippen molar-refractivity contribution in [2.45, 2.75) is 124 Å². The molecule has 5 rings (SSSR count). The van der Waals surface area contributed by atoms with Crippen molar-refractivity contribution in [1.82, 2.24) is 31.1 Å². The van der Waals surface area contributed by atoms with E-state index >= 15 is 0 Å². The first-order chi connectivity index (χ1) is 22.9. The van der Waals surface area contributed by atoms with Crippen LogP contribution in [-0.2, 0) is 24.0 Å². The summed E-state index contributed by atoms with van der Waals surface area (Å²) in [7, 11) is 0. The molecule has 13 heteroatoms. The van der Waals surface area contributed by atoms with Gasteiger partial charge in [0.25, 0.3) is 5.91 Å². The van der Waals surface area contributed by atoms with Crippen LogP contribution >= 0.6 is 0 Å². The van der Waals surface area contributed by atoms with Crippen molar-refractivity contribution in [3.05, 3.63) is 0 Å². The molecule has 0 aromatic rings. The number of primary amides is 1. The Balaban J connectivity index is 1.38. The molecule has 13 nitrogen and oxygen atoms in total. The topological polar surface area (TPSA) is 183 Å². The predicted molar refractivity (Wildman–Crippen MR) is 184 cm³/mol. The summed E-state index contributed by atoms with van der Waals surface area (Å²) in [5, 5.41) is 11.8. The summed E-state index contributed by atoms with van der Waals surface area (Å²) in [5.41, 5.74) is 4.30. The normalized spacial score (nSPS) is 27.5. The summed E-state index contributed by atoms with van der Waals surface area (Å²) in [4.78, 5) is 84.2. The van der Waals surface area contributed by atoms with Crippen molar-refractivity contribution in [2.24, 2.45) is 39.2 Å². The van der Waals surface area contributed by atoms with Crippen LogP contribution in [-0.4, -0.2) is 102 Å². The van der Waals surface area contributed by atoms with Gasteiger partial charge < -0.3 is 36.8 Å². The number of nitrogens with zero attached hydrogens (tertiary/aromatic N) is 2. The highest BCUT2D eigenvalue weighted by Gasteiger charge is 2.85. The summed E-state index contributed by atoms with van der Waals surface area (Å²) in [5.74, 6) is -2.89. The first kappa shape index (κ1) is 37.0. The summed E-state index contributed by atoms with van der Waals surface area (Å²) < 4.78 is 0. The molecule has 5 unspecified atom stereocenters. The molecule has 5 atom stereocenters. The number of nitrogens with two attached hydrogens (primary N) is 1. The average molecular weight is 686 g/mol. The van der Waals surface area contributed by atoms with Gasteiger partial charge in [-0.3, -0.25) is 24.0 Å². The van der Waals surface area contributed by atoms with E-state index in [0.29, 0.717) is 45.6 Å². The van der Waals surface area contributed by atoms with Gasteiger partial charge in [-0.05, 0) is 53.8 Å². The lowest BCUT2D eigenvalue weighted by molar-refractivity contribution is -0.143. The molecule has 2 spiro atoms. The zero-order valence-electron chi connectivity index (χ0n) is 30.6. The molecule has 2 saturated heterocycles. The van der Waals surface area contributed by atoms with Crippen LogP contribution in [0.15, 0.2) is 0 Å². The predicted octanol–water partition coefficient (Wildman–Crippen LogP) is 1.68. The van der Waals surface area contributed by atoms with Crippen LogP contribution in [0.3, 0.4) is 0 Å². The molecule has 49 heavy (non-hydrogen) atoms. The number of urea groups is 1. The summed E-state index contributed by atoms with van der Waals surface area (Å²) in [6, 6.07) is -4.35. The van der Waals surface area contributed by atoms with Crippen LogP contribution in [0.4, 0.5) is 4.79 Å². The van der Waals surface area contributed by atoms with Crippen molar-refractivity contribution in [2.75, 3.05) is 32.7 Å². The van der Waals surface area contributed by atoms with E-state index in [0.717, 1.165) is 38.5 Å². The first-order valence-electron chi connectivity index (χ1n) is 18.4. The maximum absolute atomic E-state index is 14.7. The molecular weight excluding hydrogens is 626 g/mol. The van der Waals surface area contributed by atoms with Gasteiger partial charge in [-0.1, -0.05) is 74.1 Å². The first-order valence-corrected chi connectivity index (χ1v) is 18.4. The molecule has 5 fully saturated rings. The van der Waals surface area contributed by atoms with Crippen molar-refractivity contribution in [3.8, 4) is 0 Å². The lowest BCUT2D eigenvalue weighted by Crippen LogP contribution is -2.62. The van der Waals surface area contributed by atoms with Crippen LogP contribution in [0.2, 0.25) is 0 Å². The molecule has 0 aromatic heterocycles. The minimum Gasteiger partial charge on any atom is -0.363 e. The van der Waals surface area contributed by atoms with Crippen LogP contribution < -0.4 is 27.0 Å². The van der Waals surface area contributed by atoms with E-state index in [1.807, 2.05) is 34.6 Å². The van der Waals surface area contributed by atoms with Crippen LogP contribution in [0, 0.1) is 33.5 Å². The highest BCUT2D eigenvalue weighted by molar-refractivity contribution is 6.37. The lowest BCUT2D eigenvalue weighted by atomic mass is 9.73. The monoisotopic (exact) mass is 685 g/mol. The summed E-state index contributed by atoms with van der Waals surface area (Å²) in [6.45, 7) is 16.6. The van der Waals surface area contributed by atoms with Gasteiger partial charge in [-0.15, -0.1) is 0 Å². The number of hydrogen-bond acceptors (Lipinski definition) is 7. The fourth-order valence-corrected chi connectivity index (χ4v) is 9.52. The van der Waals surface area contributed by atoms with Gasteiger partial charge in [0.05, 0.1) is 6.04 Å². The quantitative estimate of drug-likeness (QED) is 0.205. The largest absolute Gasteiger partial charge is 0.363 e. The molecule has 3 saturated carbocycles. The lowest BCUT2D eigenvalue weighted by Gasteiger charge is -2.37. The van der Waals surface area contributed by atoms with Crippen LogP contribution in [0.5, 0.6) is 0 Å². The van der Waals surface area contributed by atoms with E-state index < -0.39 is 53.2 Å². The second-order valence-electron chi connectivity index (χ2n) is 17.4. The minimum atomic E-state index is -1.09. The van der Waals surface area contributed by atoms with E-state index in [-0.39, 0.29) is 39.9 Å². The number of piperazine rings is 1. The minimum absolute atomic E-state index is 0.0266. The summed E-state index contributed by atoms with van der Waals surface area (Å²) in [6.07, 6.45) is 6.82. The number of amides is 6. The molecule has 0 aromatic carbocycles. The molecule has 3 aliphatic carbocycles. The molecule has 0 bridgehead atoms. The fourth-order valence-electron chi connectivity index (χ4n) is 9.52. The van der Waals surface area contributed by atoms with E-state index in [4.69, 9.17) is 5.73 Å². The SMILES string of the molecule is CC(C)C(NC(=O)NC(C(=O)N1CC2(CC1C(=O)NC(CC1CCC1)C(=O)C(N)=O)C(C)(C)C21CCC1)C(C)(C)C)C(=O)N1CCNCC1. The Hall–Kier alpha value is -3.22. The van der Waals surface area contributed by atoms with E-state index in [1.165, 1.54) is 0 Å². The molecule has 274 valence electrons. The molecule has 6 N–H and O–H groups in total. The number of fused-ring (bicyclic) bond motifs is 1. The van der Waals surface area contributed by atoms with Gasteiger partial charge in [-0.2, -0.15) is 0 Å². The number of carbonyl (C=O) groups excluding carboxylic acids is 6. The highest BCUT2D eigenvalue weighted by atomic mass is 16.2. The standard InChI is InChI=1S/C36H59N7O6/c1-21(2)25(30(47)42-16-14-38-15-17-42)40-32(49)41-27(33(3,4)5)31(48)43-20-36(34(6,7)35(36)12-9-13-35)19-24(43)29(46)39-23(26(44)28(37)45)18-22-10-8-11-22/h21-25,27,38H,8-20H2,1-7H3,(H2,37,45)(H,39,46)(H2,40,41,49). The Morgan fingerprint density at radius 3 is 2.00 bits per heavy atom. The van der Waals surface area contributed by atoms with E-state index in [2.05, 4.69) is 35.1 Å². The Bertz CT molecular complexity index is 1340. The molecule has 2 aliphatic heterocycles. The zero-order chi connectivity index (χ0) is 36.1. The van der Waals surface area contributed by atoms with Gasteiger partial charge in [0.2, 0.25) is 23.5 Å². The van der Waals surface area contributed by atoms with Crippen molar-refractivity contribution >= 4 is 35.4 Å². The van der Waals surface area contributed by atoms with E-state index in [1.54, 1.807) is 9.80 Å². The summed E-state index contributed by atoms with van der Waals surface area (Å²) >= 11 is 0. The van der Waals surface area contributed by atoms with Crippen molar-refractivity contribution in [1.29, 1.82) is 0 Å². The van der Waals surface area contributed by atoms with Crippen molar-refractivity contribution in [3.63, 3.8) is 0 Å². The Kier molecular flexibility index (Phi) is 10.2. The average Bonchev–Trinajstić information content (AvgIpc) is 3.21. The number of hydrogen-bond donors (Lipinski definition) is 5. The third kappa shape index (κ3) is 6.56. The molecular formula is C36H59N7O6. The Morgan fingerprint density at radius 2 is 1.53 bits per heavy atom. The Morgan fingerprint density at radius 1 is 0.898 bits per heavy atom. The number of carbonyl (C=O) groups is 6. The number of rotatable bonds is 11. The van der Waals surface area contributed by atoms with Gasteiger partial charge in [0, 0.05) is 38.1 Å². The zero-order valence-corrected chi connectivity index (χ0v) is 30.6.